The normalized spacial score (nSPS) is 19.1. The number of carbonyl (C=O) groups is 1. The molecule has 2 atom stereocenters. The second kappa shape index (κ2) is 7.97. The molecule has 2 aromatic heterocycles. The van der Waals surface area contributed by atoms with E-state index in [1.54, 1.807) is 11.3 Å². The number of nitrogens with one attached hydrogen (secondary N) is 2. The summed E-state index contributed by atoms with van der Waals surface area (Å²) in [5, 5.41) is 7.49. The highest BCUT2D eigenvalue weighted by atomic mass is 32.1. The molecule has 3 heterocycles. The number of thiophene rings is 2. The zero-order chi connectivity index (χ0) is 18.8. The van der Waals surface area contributed by atoms with Crippen molar-refractivity contribution in [1.29, 1.82) is 0 Å². The summed E-state index contributed by atoms with van der Waals surface area (Å²) in [6.45, 7) is 5.80. The molecule has 5 heteroatoms. The molecule has 4 rings (SSSR count). The van der Waals surface area contributed by atoms with Crippen molar-refractivity contribution in [2.75, 3.05) is 18.4 Å². The highest BCUT2D eigenvalue weighted by molar-refractivity contribution is 7.10. The van der Waals surface area contributed by atoms with Crippen LogP contribution in [0.4, 0.5) is 5.69 Å². The van der Waals surface area contributed by atoms with E-state index in [0.29, 0.717) is 12.5 Å². The fraction of sp³-hybridized carbons (Fsp3) is 0.318. The number of amides is 1. The third-order valence-corrected chi connectivity index (χ3v) is 7.18. The van der Waals surface area contributed by atoms with Crippen molar-refractivity contribution in [3.8, 4) is 0 Å². The van der Waals surface area contributed by atoms with E-state index in [2.05, 4.69) is 54.2 Å². The highest BCUT2D eigenvalue weighted by Crippen LogP contribution is 2.31. The van der Waals surface area contributed by atoms with Crippen molar-refractivity contribution < 1.29 is 9.69 Å². The van der Waals surface area contributed by atoms with Crippen LogP contribution in [0.15, 0.2) is 53.2 Å². The fourth-order valence-corrected chi connectivity index (χ4v) is 5.79. The van der Waals surface area contributed by atoms with Gasteiger partial charge in [0.05, 0.1) is 11.4 Å². The number of hydrogen-bond donors (Lipinski definition) is 2. The molecule has 0 aliphatic carbocycles. The molecule has 0 saturated heterocycles. The number of benzene rings is 1. The summed E-state index contributed by atoms with van der Waals surface area (Å²) >= 11 is 3.64. The molecule has 1 aromatic carbocycles. The lowest BCUT2D eigenvalue weighted by Crippen LogP contribution is -3.14. The second-order valence-electron chi connectivity index (χ2n) is 7.37. The lowest BCUT2D eigenvalue weighted by atomic mass is 9.98. The Morgan fingerprint density at radius 1 is 1.15 bits per heavy atom. The van der Waals surface area contributed by atoms with Crippen LogP contribution in [0.1, 0.15) is 46.7 Å². The number of para-hydroxylation sites is 1. The Morgan fingerprint density at radius 2 is 2.00 bits per heavy atom. The van der Waals surface area contributed by atoms with Crippen molar-refractivity contribution in [2.24, 2.45) is 0 Å². The first-order valence-corrected chi connectivity index (χ1v) is 11.2. The van der Waals surface area contributed by atoms with Gasteiger partial charge in [-0.2, -0.15) is 0 Å². The number of hydrogen-bond acceptors (Lipinski definition) is 3. The molecule has 140 valence electrons. The van der Waals surface area contributed by atoms with E-state index in [1.807, 2.05) is 29.5 Å². The van der Waals surface area contributed by atoms with Crippen molar-refractivity contribution in [2.45, 2.75) is 32.2 Å². The van der Waals surface area contributed by atoms with Gasteiger partial charge in [-0.1, -0.05) is 38.1 Å². The zero-order valence-corrected chi connectivity index (χ0v) is 17.3. The van der Waals surface area contributed by atoms with Crippen LogP contribution in [-0.4, -0.2) is 19.0 Å². The lowest BCUT2D eigenvalue weighted by molar-refractivity contribution is -0.919. The Balaban J connectivity index is 1.54. The van der Waals surface area contributed by atoms with E-state index in [9.17, 15) is 4.79 Å². The largest absolute Gasteiger partial charge is 0.321 e. The summed E-state index contributed by atoms with van der Waals surface area (Å²) in [6.07, 6.45) is 1.06. The van der Waals surface area contributed by atoms with Gasteiger partial charge in [-0.25, -0.2) is 0 Å². The Kier molecular flexibility index (Phi) is 5.43. The van der Waals surface area contributed by atoms with E-state index in [4.69, 9.17) is 0 Å². The Morgan fingerprint density at radius 3 is 2.78 bits per heavy atom. The molecule has 1 amide bonds. The molecular weight excluding hydrogens is 372 g/mol. The van der Waals surface area contributed by atoms with Crippen LogP contribution >= 0.6 is 22.7 Å². The van der Waals surface area contributed by atoms with Crippen LogP contribution in [-0.2, 0) is 11.2 Å². The fourth-order valence-electron chi connectivity index (χ4n) is 3.96. The van der Waals surface area contributed by atoms with Crippen LogP contribution in [0, 0.1) is 0 Å². The minimum absolute atomic E-state index is 0.0957. The summed E-state index contributed by atoms with van der Waals surface area (Å²) in [4.78, 5) is 17.1. The monoisotopic (exact) mass is 397 g/mol. The van der Waals surface area contributed by atoms with E-state index < -0.39 is 0 Å². The van der Waals surface area contributed by atoms with E-state index >= 15 is 0 Å². The molecule has 0 spiro atoms. The van der Waals surface area contributed by atoms with Crippen molar-refractivity contribution in [1.82, 2.24) is 0 Å². The molecule has 27 heavy (non-hydrogen) atoms. The van der Waals surface area contributed by atoms with Gasteiger partial charge in [0, 0.05) is 22.5 Å². The Hall–Kier alpha value is -1.95. The van der Waals surface area contributed by atoms with Gasteiger partial charge in [0.2, 0.25) is 0 Å². The SMILES string of the molecule is CC(C)c1ccccc1NC(=O)C[NH+]1CCc2sccc2[C@H]1c1cccs1. The number of quaternary nitrogens is 1. The first-order valence-electron chi connectivity index (χ1n) is 9.46. The van der Waals surface area contributed by atoms with Crippen LogP contribution in [0.25, 0.3) is 0 Å². The average molecular weight is 398 g/mol. The molecule has 0 saturated carbocycles. The van der Waals surface area contributed by atoms with Gasteiger partial charge in [0.1, 0.15) is 6.04 Å². The van der Waals surface area contributed by atoms with Crippen LogP contribution in [0.5, 0.6) is 0 Å². The molecule has 1 aliphatic heterocycles. The molecule has 1 unspecified atom stereocenters. The van der Waals surface area contributed by atoms with Gasteiger partial charge >= 0.3 is 0 Å². The molecule has 0 fully saturated rings. The third-order valence-electron chi connectivity index (χ3n) is 5.24. The lowest BCUT2D eigenvalue weighted by Gasteiger charge is -2.31. The molecule has 3 nitrogen and oxygen atoms in total. The summed E-state index contributed by atoms with van der Waals surface area (Å²) in [5.41, 5.74) is 3.53. The number of fused-ring (bicyclic) bond motifs is 1. The minimum Gasteiger partial charge on any atom is -0.321 e. The van der Waals surface area contributed by atoms with E-state index in [0.717, 1.165) is 18.7 Å². The van der Waals surface area contributed by atoms with Crippen molar-refractivity contribution in [3.05, 3.63) is 74.1 Å². The minimum atomic E-state index is 0.0957. The Labute approximate surface area is 168 Å². The van der Waals surface area contributed by atoms with Gasteiger partial charge in [-0.3, -0.25) is 4.79 Å². The summed E-state index contributed by atoms with van der Waals surface area (Å²) < 4.78 is 0. The number of anilines is 1. The molecule has 0 radical (unpaired) electrons. The van der Waals surface area contributed by atoms with E-state index in [1.165, 1.54) is 25.8 Å². The zero-order valence-electron chi connectivity index (χ0n) is 15.7. The van der Waals surface area contributed by atoms with Gasteiger partial charge < -0.3 is 10.2 Å². The third kappa shape index (κ3) is 3.86. The summed E-state index contributed by atoms with van der Waals surface area (Å²) in [7, 11) is 0. The Bertz CT molecular complexity index is 914. The highest BCUT2D eigenvalue weighted by Gasteiger charge is 2.35. The van der Waals surface area contributed by atoms with Crippen LogP contribution in [0.2, 0.25) is 0 Å². The average Bonchev–Trinajstić information content (AvgIpc) is 3.33. The maximum Gasteiger partial charge on any atom is 0.279 e. The van der Waals surface area contributed by atoms with Gasteiger partial charge in [-0.15, -0.1) is 22.7 Å². The molecule has 3 aromatic rings. The number of carbonyl (C=O) groups excluding carboxylic acids is 1. The maximum atomic E-state index is 12.9. The van der Waals surface area contributed by atoms with E-state index in [-0.39, 0.29) is 11.9 Å². The first-order chi connectivity index (χ1) is 13.1. The topological polar surface area (TPSA) is 33.5 Å². The smallest absolute Gasteiger partial charge is 0.279 e. The summed E-state index contributed by atoms with van der Waals surface area (Å²) in [5.74, 6) is 0.481. The van der Waals surface area contributed by atoms with Crippen molar-refractivity contribution in [3.63, 3.8) is 0 Å². The summed E-state index contributed by atoms with van der Waals surface area (Å²) in [6, 6.07) is 15.0. The van der Waals surface area contributed by atoms with Gasteiger partial charge in [0.15, 0.2) is 6.54 Å². The quantitative estimate of drug-likeness (QED) is 0.668. The predicted octanol–water partition coefficient (Wildman–Crippen LogP) is 4.10. The molecule has 0 bridgehead atoms. The van der Waals surface area contributed by atoms with Gasteiger partial charge in [-0.05, 0) is 40.4 Å². The second-order valence-corrected chi connectivity index (χ2v) is 9.35. The number of rotatable bonds is 5. The predicted molar refractivity (Wildman–Crippen MR) is 114 cm³/mol. The molecule has 2 N–H and O–H groups in total. The molecular formula is C22H25N2OS2+. The molecule has 1 aliphatic rings. The van der Waals surface area contributed by atoms with Gasteiger partial charge in [0.25, 0.3) is 5.91 Å². The first kappa shape index (κ1) is 18.4. The van der Waals surface area contributed by atoms with Crippen molar-refractivity contribution >= 4 is 34.3 Å². The van der Waals surface area contributed by atoms with Crippen LogP contribution in [0.3, 0.4) is 0 Å². The van der Waals surface area contributed by atoms with Crippen LogP contribution < -0.4 is 10.2 Å². The maximum absolute atomic E-state index is 12.9. The standard InChI is InChI=1S/C22H24N2OS2/c1-15(2)16-6-3-4-7-18(16)23-21(25)14-24-11-9-19-17(10-13-27-19)22(24)20-8-5-12-26-20/h3-8,10,12-13,15,22H,9,11,14H2,1-2H3,(H,23,25)/p+1/t22-/m0/s1.